The highest BCUT2D eigenvalue weighted by atomic mass is 19.3. The van der Waals surface area contributed by atoms with Crippen molar-refractivity contribution in [2.75, 3.05) is 7.11 Å². The van der Waals surface area contributed by atoms with E-state index < -0.39 is 18.2 Å². The Kier molecular flexibility index (Phi) is 5.92. The number of benzene rings is 2. The molecule has 3 rings (SSSR count). The van der Waals surface area contributed by atoms with Crippen molar-refractivity contribution in [1.82, 2.24) is 0 Å². The van der Waals surface area contributed by atoms with Crippen molar-refractivity contribution in [1.29, 1.82) is 0 Å². The van der Waals surface area contributed by atoms with Gasteiger partial charge < -0.3 is 18.6 Å². The summed E-state index contributed by atoms with van der Waals surface area (Å²) in [6.45, 7) is -1.20. The van der Waals surface area contributed by atoms with E-state index in [-0.39, 0.29) is 17.2 Å². The van der Waals surface area contributed by atoms with Gasteiger partial charge in [-0.15, -0.1) is 0 Å². The fraction of sp³-hybridized carbons (Fsp3) is 0.143. The van der Waals surface area contributed by atoms with Gasteiger partial charge in [-0.1, -0.05) is 6.07 Å². The standard InChI is InChI=1S/C21H16F2O6/c1-12-9-20(25)28-17-11-14(5-6-15(12)17)27-19(24)8-4-13-3-7-16(29-21(22)23)18(10-13)26-2/h3-11,21H,1-2H3. The molecule has 0 saturated heterocycles. The van der Waals surface area contributed by atoms with Gasteiger partial charge in [0.2, 0.25) is 0 Å². The van der Waals surface area contributed by atoms with Gasteiger partial charge in [0.15, 0.2) is 11.5 Å². The molecule has 1 heterocycles. The van der Waals surface area contributed by atoms with Crippen LogP contribution in [0.25, 0.3) is 17.0 Å². The fourth-order valence-corrected chi connectivity index (χ4v) is 2.66. The van der Waals surface area contributed by atoms with Crippen molar-refractivity contribution in [3.05, 3.63) is 70.1 Å². The molecule has 0 aliphatic rings. The molecule has 0 bridgehead atoms. The van der Waals surface area contributed by atoms with E-state index in [2.05, 4.69) is 4.74 Å². The SMILES string of the molecule is COc1cc(C=CC(=O)Oc2ccc3c(C)cc(=O)oc3c2)ccc1OC(F)F. The van der Waals surface area contributed by atoms with Crippen molar-refractivity contribution < 1.29 is 32.2 Å². The van der Waals surface area contributed by atoms with E-state index in [9.17, 15) is 18.4 Å². The molecule has 0 fully saturated rings. The predicted molar refractivity (Wildman–Crippen MR) is 102 cm³/mol. The first-order valence-corrected chi connectivity index (χ1v) is 8.43. The first kappa shape index (κ1) is 20.1. The lowest BCUT2D eigenvalue weighted by atomic mass is 10.1. The summed E-state index contributed by atoms with van der Waals surface area (Å²) in [5, 5.41) is 0.734. The van der Waals surface area contributed by atoms with E-state index in [1.807, 2.05) is 0 Å². The molecule has 0 N–H and O–H groups in total. The molecular weight excluding hydrogens is 386 g/mol. The van der Waals surface area contributed by atoms with Crippen LogP contribution in [0.3, 0.4) is 0 Å². The van der Waals surface area contributed by atoms with Crippen LogP contribution < -0.4 is 19.8 Å². The van der Waals surface area contributed by atoms with Crippen LogP contribution in [0.1, 0.15) is 11.1 Å². The van der Waals surface area contributed by atoms with Crippen molar-refractivity contribution in [2.24, 2.45) is 0 Å². The van der Waals surface area contributed by atoms with Crippen LogP contribution in [0, 0.1) is 6.92 Å². The Labute approximate surface area is 163 Å². The van der Waals surface area contributed by atoms with E-state index in [0.717, 1.165) is 10.9 Å². The number of carbonyl (C=O) groups is 1. The van der Waals surface area contributed by atoms with Crippen LogP contribution in [0.4, 0.5) is 8.78 Å². The Balaban J connectivity index is 1.74. The van der Waals surface area contributed by atoms with Gasteiger partial charge in [-0.05, 0) is 48.4 Å². The molecule has 3 aromatic rings. The molecule has 1 aromatic heterocycles. The second kappa shape index (κ2) is 8.55. The van der Waals surface area contributed by atoms with Gasteiger partial charge in [-0.25, -0.2) is 9.59 Å². The Morgan fingerprint density at radius 3 is 2.62 bits per heavy atom. The third kappa shape index (κ3) is 4.98. The number of fused-ring (bicyclic) bond motifs is 1. The van der Waals surface area contributed by atoms with Gasteiger partial charge in [-0.3, -0.25) is 0 Å². The normalized spacial score (nSPS) is 11.2. The molecule has 0 unspecified atom stereocenters. The fourth-order valence-electron chi connectivity index (χ4n) is 2.66. The number of ether oxygens (including phenoxy) is 3. The van der Waals surface area contributed by atoms with Gasteiger partial charge >= 0.3 is 18.2 Å². The summed E-state index contributed by atoms with van der Waals surface area (Å²) in [6.07, 6.45) is 2.60. The number of rotatable bonds is 6. The van der Waals surface area contributed by atoms with Gasteiger partial charge in [0, 0.05) is 23.6 Å². The zero-order valence-electron chi connectivity index (χ0n) is 15.5. The third-order valence-electron chi connectivity index (χ3n) is 3.96. The monoisotopic (exact) mass is 402 g/mol. The second-order valence-corrected chi connectivity index (χ2v) is 5.95. The van der Waals surface area contributed by atoms with Crippen LogP contribution in [0.15, 0.2) is 57.8 Å². The molecule has 150 valence electrons. The van der Waals surface area contributed by atoms with Crippen LogP contribution in [0.5, 0.6) is 17.2 Å². The lowest BCUT2D eigenvalue weighted by molar-refractivity contribution is -0.128. The number of hydrogen-bond donors (Lipinski definition) is 0. The van der Waals surface area contributed by atoms with Gasteiger partial charge in [0.05, 0.1) is 7.11 Å². The van der Waals surface area contributed by atoms with Crippen LogP contribution in [0.2, 0.25) is 0 Å². The lowest BCUT2D eigenvalue weighted by Crippen LogP contribution is -2.04. The van der Waals surface area contributed by atoms with Gasteiger partial charge in [0.25, 0.3) is 0 Å². The highest BCUT2D eigenvalue weighted by Gasteiger charge is 2.11. The van der Waals surface area contributed by atoms with Crippen LogP contribution in [-0.2, 0) is 4.79 Å². The lowest BCUT2D eigenvalue weighted by Gasteiger charge is -2.10. The summed E-state index contributed by atoms with van der Waals surface area (Å²) >= 11 is 0. The molecule has 0 aliphatic heterocycles. The topological polar surface area (TPSA) is 75.0 Å². The molecule has 2 aromatic carbocycles. The highest BCUT2D eigenvalue weighted by molar-refractivity contribution is 5.89. The van der Waals surface area contributed by atoms with E-state index in [4.69, 9.17) is 13.9 Å². The largest absolute Gasteiger partial charge is 0.493 e. The van der Waals surface area contributed by atoms with E-state index in [1.165, 1.54) is 49.6 Å². The van der Waals surface area contributed by atoms with Crippen LogP contribution >= 0.6 is 0 Å². The quantitative estimate of drug-likeness (QED) is 0.264. The zero-order valence-corrected chi connectivity index (χ0v) is 15.5. The first-order valence-electron chi connectivity index (χ1n) is 8.43. The van der Waals surface area contributed by atoms with E-state index in [1.54, 1.807) is 19.1 Å². The minimum Gasteiger partial charge on any atom is -0.493 e. The molecule has 0 aliphatic carbocycles. The summed E-state index contributed by atoms with van der Waals surface area (Å²) < 4.78 is 44.4. The number of aryl methyl sites for hydroxylation is 1. The zero-order chi connectivity index (χ0) is 21.0. The molecular formula is C21H16F2O6. The third-order valence-corrected chi connectivity index (χ3v) is 3.96. The molecule has 0 atom stereocenters. The Bertz CT molecular complexity index is 1130. The molecule has 0 amide bonds. The molecule has 0 saturated carbocycles. The number of alkyl halides is 2. The minimum atomic E-state index is -2.98. The van der Waals surface area contributed by atoms with Crippen molar-refractivity contribution in [3.63, 3.8) is 0 Å². The average molecular weight is 402 g/mol. The number of halogens is 2. The maximum Gasteiger partial charge on any atom is 0.387 e. The van der Waals surface area contributed by atoms with Gasteiger partial charge in [-0.2, -0.15) is 8.78 Å². The van der Waals surface area contributed by atoms with E-state index in [0.29, 0.717) is 11.1 Å². The second-order valence-electron chi connectivity index (χ2n) is 5.95. The highest BCUT2D eigenvalue weighted by Crippen LogP contribution is 2.30. The van der Waals surface area contributed by atoms with Crippen molar-refractivity contribution in [2.45, 2.75) is 13.5 Å². The molecule has 0 spiro atoms. The maximum atomic E-state index is 12.4. The number of hydrogen-bond acceptors (Lipinski definition) is 6. The number of methoxy groups -OCH3 is 1. The summed E-state index contributed by atoms with van der Waals surface area (Å²) in [7, 11) is 1.31. The maximum absolute atomic E-state index is 12.4. The van der Waals surface area contributed by atoms with Crippen molar-refractivity contribution in [3.8, 4) is 17.2 Å². The molecule has 29 heavy (non-hydrogen) atoms. The summed E-state index contributed by atoms with van der Waals surface area (Å²) in [4.78, 5) is 23.6. The average Bonchev–Trinajstić information content (AvgIpc) is 2.66. The smallest absolute Gasteiger partial charge is 0.387 e. The Morgan fingerprint density at radius 2 is 1.90 bits per heavy atom. The van der Waals surface area contributed by atoms with Crippen molar-refractivity contribution >= 4 is 23.0 Å². The Hall–Kier alpha value is -3.68. The molecule has 6 nitrogen and oxygen atoms in total. The minimum absolute atomic E-state index is 0.0979. The summed E-state index contributed by atoms with van der Waals surface area (Å²) in [6, 6.07) is 10.3. The predicted octanol–water partition coefficient (Wildman–Crippen LogP) is 4.33. The first-order chi connectivity index (χ1) is 13.9. The Morgan fingerprint density at radius 1 is 1.10 bits per heavy atom. The van der Waals surface area contributed by atoms with Crippen LogP contribution in [-0.4, -0.2) is 19.7 Å². The summed E-state index contributed by atoms with van der Waals surface area (Å²) in [5.41, 5.74) is 1.08. The van der Waals surface area contributed by atoms with E-state index >= 15 is 0 Å². The van der Waals surface area contributed by atoms with Gasteiger partial charge in [0.1, 0.15) is 11.3 Å². The number of esters is 1. The number of carbonyl (C=O) groups excluding carboxylic acids is 1. The summed E-state index contributed by atoms with van der Waals surface area (Å²) in [5.74, 6) is -0.485. The molecule has 8 heteroatoms. The molecule has 0 radical (unpaired) electrons.